The van der Waals surface area contributed by atoms with Crippen LogP contribution in [0.1, 0.15) is 37.7 Å². The first kappa shape index (κ1) is 18.3. The van der Waals surface area contributed by atoms with Gasteiger partial charge in [-0.2, -0.15) is 8.42 Å². The lowest BCUT2D eigenvalue weighted by Crippen LogP contribution is -2.14. The average Bonchev–Trinajstić information content (AvgIpc) is 2.66. The van der Waals surface area contributed by atoms with E-state index in [4.69, 9.17) is 8.92 Å². The normalized spacial score (nSPS) is 20.4. The number of rotatable bonds is 4. The molecule has 0 saturated heterocycles. The van der Waals surface area contributed by atoms with E-state index in [1.807, 2.05) is 19.1 Å². The molecule has 0 fully saturated rings. The van der Waals surface area contributed by atoms with Crippen LogP contribution in [0.2, 0.25) is 0 Å². The summed E-state index contributed by atoms with van der Waals surface area (Å²) in [5.74, 6) is -0.356. The number of benzene rings is 1. The molecule has 0 aromatic heterocycles. The molecule has 5 nitrogen and oxygen atoms in total. The molecule has 0 saturated carbocycles. The summed E-state index contributed by atoms with van der Waals surface area (Å²) < 4.78 is 35.2. The van der Waals surface area contributed by atoms with Gasteiger partial charge in [0, 0.05) is 6.42 Å². The van der Waals surface area contributed by atoms with E-state index in [1.165, 1.54) is 19.2 Å². The maximum atomic E-state index is 12.5. The van der Waals surface area contributed by atoms with Gasteiger partial charge in [0.25, 0.3) is 0 Å². The Labute approximate surface area is 143 Å². The predicted molar refractivity (Wildman–Crippen MR) is 90.7 cm³/mol. The Hall–Kier alpha value is -2.08. The molecule has 6 heteroatoms. The first-order valence-electron chi connectivity index (χ1n) is 7.90. The van der Waals surface area contributed by atoms with Crippen molar-refractivity contribution < 1.29 is 22.1 Å². The molecule has 1 aliphatic rings. The molecule has 0 N–H and O–H groups in total. The molecule has 130 valence electrons. The zero-order valence-corrected chi connectivity index (χ0v) is 14.8. The molecule has 0 heterocycles. The fraction of sp³-hybridized carbons (Fsp3) is 0.389. The number of methoxy groups -OCH3 is 1. The van der Waals surface area contributed by atoms with Crippen LogP contribution in [-0.2, 0) is 23.8 Å². The third-order valence-electron chi connectivity index (χ3n) is 3.79. The van der Waals surface area contributed by atoms with Gasteiger partial charge in [-0.25, -0.2) is 4.79 Å². The molecule has 0 bridgehead atoms. The Morgan fingerprint density at radius 1 is 1.04 bits per heavy atom. The van der Waals surface area contributed by atoms with E-state index in [9.17, 15) is 13.2 Å². The monoisotopic (exact) mass is 350 g/mol. The third-order valence-corrected chi connectivity index (χ3v) is 5.06. The van der Waals surface area contributed by atoms with E-state index in [0.717, 1.165) is 12.0 Å². The van der Waals surface area contributed by atoms with E-state index < -0.39 is 16.1 Å². The predicted octanol–water partition coefficient (Wildman–Crippen LogP) is 3.65. The second-order valence-corrected chi connectivity index (χ2v) is 7.19. The zero-order valence-electron chi connectivity index (χ0n) is 13.9. The molecule has 0 atom stereocenters. The van der Waals surface area contributed by atoms with Crippen molar-refractivity contribution in [2.45, 2.75) is 43.9 Å². The number of hydrogen-bond donors (Lipinski definition) is 0. The summed E-state index contributed by atoms with van der Waals surface area (Å²) in [6.45, 7) is 1.88. The lowest BCUT2D eigenvalue weighted by atomic mass is 10.1. The summed E-state index contributed by atoms with van der Waals surface area (Å²) in [5.41, 5.74) is 1.25. The van der Waals surface area contributed by atoms with Crippen LogP contribution in [0.25, 0.3) is 0 Å². The van der Waals surface area contributed by atoms with Gasteiger partial charge in [-0.1, -0.05) is 29.8 Å². The minimum Gasteiger partial charge on any atom is -0.466 e. The maximum absolute atomic E-state index is 12.5. The SMILES string of the molecule is COC(=O)/C1=C(\OS(=O)(=O)c2ccc(C)cc2)CCC/C=C/CC1. The van der Waals surface area contributed by atoms with Crippen LogP contribution in [-0.4, -0.2) is 21.5 Å². The number of hydrogen-bond acceptors (Lipinski definition) is 5. The summed E-state index contributed by atoms with van der Waals surface area (Å²) in [5, 5.41) is 0. The van der Waals surface area contributed by atoms with Crippen molar-refractivity contribution in [3.63, 3.8) is 0 Å². The number of carbonyl (C=O) groups excluding carboxylic acids is 1. The minimum absolute atomic E-state index is 0.0720. The van der Waals surface area contributed by atoms with Crippen LogP contribution in [0.5, 0.6) is 0 Å². The summed E-state index contributed by atoms with van der Waals surface area (Å²) in [7, 11) is -2.70. The van der Waals surface area contributed by atoms with Gasteiger partial charge < -0.3 is 8.92 Å². The Balaban J connectivity index is 2.36. The minimum atomic E-state index is -3.98. The van der Waals surface area contributed by atoms with Gasteiger partial charge in [0.1, 0.15) is 10.7 Å². The molecule has 0 unspecified atom stereocenters. The molecule has 0 amide bonds. The van der Waals surface area contributed by atoms with Gasteiger partial charge >= 0.3 is 16.1 Å². The van der Waals surface area contributed by atoms with Crippen LogP contribution in [0.4, 0.5) is 0 Å². The molecule has 0 radical (unpaired) electrons. The first-order chi connectivity index (χ1) is 11.4. The summed E-state index contributed by atoms with van der Waals surface area (Å²) in [4.78, 5) is 12.1. The van der Waals surface area contributed by atoms with E-state index in [-0.39, 0.29) is 10.7 Å². The molecule has 1 aromatic carbocycles. The second kappa shape index (κ2) is 8.15. The fourth-order valence-electron chi connectivity index (χ4n) is 2.45. The van der Waals surface area contributed by atoms with Gasteiger partial charge in [0.15, 0.2) is 0 Å². The standard InChI is InChI=1S/C18H22O5S/c1-14-10-12-15(13-11-14)24(20,21)23-17-9-7-5-3-4-6-8-16(17)18(19)22-2/h3-4,10-13H,5-9H2,1-2H3/b4-3+,17-16-. The molecule has 0 spiro atoms. The lowest BCUT2D eigenvalue weighted by Gasteiger charge is -2.14. The highest BCUT2D eigenvalue weighted by molar-refractivity contribution is 7.86. The van der Waals surface area contributed by atoms with Gasteiger partial charge in [-0.15, -0.1) is 0 Å². The van der Waals surface area contributed by atoms with Crippen molar-refractivity contribution in [3.8, 4) is 0 Å². The van der Waals surface area contributed by atoms with E-state index >= 15 is 0 Å². The Kier molecular flexibility index (Phi) is 6.20. The average molecular weight is 350 g/mol. The highest BCUT2D eigenvalue weighted by atomic mass is 32.2. The number of ether oxygens (including phenoxy) is 1. The fourth-order valence-corrected chi connectivity index (χ4v) is 3.47. The molecule has 0 aliphatic heterocycles. The number of carbonyl (C=O) groups is 1. The third kappa shape index (κ3) is 4.71. The van der Waals surface area contributed by atoms with Crippen molar-refractivity contribution >= 4 is 16.1 Å². The molecule has 1 aliphatic carbocycles. The number of esters is 1. The van der Waals surface area contributed by atoms with E-state index in [0.29, 0.717) is 31.3 Å². The van der Waals surface area contributed by atoms with Gasteiger partial charge in [0.05, 0.1) is 12.7 Å². The second-order valence-electron chi connectivity index (χ2n) is 5.65. The van der Waals surface area contributed by atoms with Crippen molar-refractivity contribution in [1.29, 1.82) is 0 Å². The van der Waals surface area contributed by atoms with Crippen LogP contribution in [0.15, 0.2) is 52.6 Å². The first-order valence-corrected chi connectivity index (χ1v) is 9.31. The van der Waals surface area contributed by atoms with Crippen LogP contribution >= 0.6 is 0 Å². The van der Waals surface area contributed by atoms with Crippen LogP contribution in [0, 0.1) is 6.92 Å². The largest absolute Gasteiger partial charge is 0.466 e. The van der Waals surface area contributed by atoms with Gasteiger partial charge in [-0.3, -0.25) is 0 Å². The highest BCUT2D eigenvalue weighted by Crippen LogP contribution is 2.26. The van der Waals surface area contributed by atoms with E-state index in [2.05, 4.69) is 0 Å². The van der Waals surface area contributed by atoms with Crippen LogP contribution < -0.4 is 0 Å². The highest BCUT2D eigenvalue weighted by Gasteiger charge is 2.24. The van der Waals surface area contributed by atoms with E-state index in [1.54, 1.807) is 12.1 Å². The maximum Gasteiger partial charge on any atom is 0.338 e. The molecule has 2 rings (SSSR count). The quantitative estimate of drug-likeness (QED) is 0.471. The van der Waals surface area contributed by atoms with Crippen molar-refractivity contribution in [2.24, 2.45) is 0 Å². The van der Waals surface area contributed by atoms with Gasteiger partial charge in [-0.05, 0) is 44.7 Å². The lowest BCUT2D eigenvalue weighted by molar-refractivity contribution is -0.136. The van der Waals surface area contributed by atoms with Crippen LogP contribution in [0.3, 0.4) is 0 Å². The summed E-state index contributed by atoms with van der Waals surface area (Å²) >= 11 is 0. The summed E-state index contributed by atoms with van der Waals surface area (Å²) in [6.07, 6.45) is 6.94. The van der Waals surface area contributed by atoms with Crippen molar-refractivity contribution in [1.82, 2.24) is 0 Å². The zero-order chi connectivity index (χ0) is 17.6. The number of allylic oxidation sites excluding steroid dienone is 3. The molecular weight excluding hydrogens is 328 g/mol. The van der Waals surface area contributed by atoms with Crippen molar-refractivity contribution in [3.05, 3.63) is 53.3 Å². The molecule has 24 heavy (non-hydrogen) atoms. The Bertz CT molecular complexity index is 742. The van der Waals surface area contributed by atoms with Gasteiger partial charge in [0.2, 0.25) is 0 Å². The summed E-state index contributed by atoms with van der Waals surface area (Å²) in [6, 6.07) is 6.41. The Morgan fingerprint density at radius 2 is 1.71 bits per heavy atom. The van der Waals surface area contributed by atoms with Crippen molar-refractivity contribution in [2.75, 3.05) is 7.11 Å². The smallest absolute Gasteiger partial charge is 0.338 e. The topological polar surface area (TPSA) is 69.7 Å². The molecular formula is C18H22O5S. The Morgan fingerprint density at radius 3 is 2.38 bits per heavy atom. The number of aryl methyl sites for hydroxylation is 1. The molecule has 1 aromatic rings.